The van der Waals surface area contributed by atoms with Gasteiger partial charge < -0.3 is 20.1 Å². The number of para-hydroxylation sites is 1. The number of nitrogens with one attached hydrogen (secondary N) is 1. The largest absolute Gasteiger partial charge is 0.481 e. The average Bonchev–Trinajstić information content (AvgIpc) is 2.62. The number of carbonyl (C=O) groups excluding carboxylic acids is 1. The van der Waals surface area contributed by atoms with Gasteiger partial charge in [0.25, 0.3) is 5.91 Å². The fraction of sp³-hybridized carbons (Fsp3) is 0.350. The molecule has 1 aromatic heterocycles. The third-order valence-electron chi connectivity index (χ3n) is 4.37. The Morgan fingerprint density at radius 3 is 2.63 bits per heavy atom. The number of nitrogens with zero attached hydrogens (tertiary/aromatic N) is 2. The lowest BCUT2D eigenvalue weighted by molar-refractivity contribution is -0.136. The first kappa shape index (κ1) is 18.8. The van der Waals surface area contributed by atoms with Crippen LogP contribution in [0.25, 0.3) is 0 Å². The molecule has 2 heterocycles. The Balaban J connectivity index is 1.77. The summed E-state index contributed by atoms with van der Waals surface area (Å²) in [5.74, 6) is -1.32. The van der Waals surface area contributed by atoms with E-state index in [0.29, 0.717) is 11.3 Å². The van der Waals surface area contributed by atoms with E-state index in [9.17, 15) is 9.59 Å². The van der Waals surface area contributed by atoms with Gasteiger partial charge in [0.1, 0.15) is 5.69 Å². The van der Waals surface area contributed by atoms with Crippen molar-refractivity contribution in [2.75, 3.05) is 23.3 Å². The van der Waals surface area contributed by atoms with E-state index >= 15 is 0 Å². The first-order chi connectivity index (χ1) is 12.9. The number of carboxylic acids is 1. The molecule has 2 aromatic rings. The molecule has 1 aromatic carbocycles. The van der Waals surface area contributed by atoms with Crippen LogP contribution in [0.3, 0.4) is 0 Å². The molecular weight excluding hydrogens is 346 g/mol. The van der Waals surface area contributed by atoms with Gasteiger partial charge in [-0.3, -0.25) is 14.6 Å². The third kappa shape index (κ3) is 4.83. The maximum absolute atomic E-state index is 12.7. The van der Waals surface area contributed by atoms with E-state index in [2.05, 4.69) is 15.2 Å². The molecule has 1 aliphatic heterocycles. The molecule has 27 heavy (non-hydrogen) atoms. The van der Waals surface area contributed by atoms with Crippen LogP contribution in [-0.4, -0.2) is 47.3 Å². The number of carboxylic acid groups (broad SMARTS) is 1. The summed E-state index contributed by atoms with van der Waals surface area (Å²) in [7, 11) is 0. The van der Waals surface area contributed by atoms with Crippen LogP contribution in [0.4, 0.5) is 11.4 Å². The Labute approximate surface area is 158 Å². The van der Waals surface area contributed by atoms with Crippen molar-refractivity contribution in [2.45, 2.75) is 32.5 Å². The third-order valence-corrected chi connectivity index (χ3v) is 4.37. The lowest BCUT2D eigenvalue weighted by atomic mass is 10.1. The van der Waals surface area contributed by atoms with E-state index in [1.54, 1.807) is 36.5 Å². The van der Waals surface area contributed by atoms with Crippen LogP contribution in [-0.2, 0) is 16.0 Å². The number of aromatic nitrogens is 1. The Kier molecular flexibility index (Phi) is 5.71. The zero-order valence-electron chi connectivity index (χ0n) is 15.4. The smallest absolute Gasteiger partial charge is 0.307 e. The summed E-state index contributed by atoms with van der Waals surface area (Å²) < 4.78 is 5.75. The molecule has 1 aliphatic rings. The summed E-state index contributed by atoms with van der Waals surface area (Å²) in [5.41, 5.74) is 2.22. The summed E-state index contributed by atoms with van der Waals surface area (Å²) in [6, 6.07) is 10.5. The van der Waals surface area contributed by atoms with Crippen LogP contribution in [0.5, 0.6) is 0 Å². The quantitative estimate of drug-likeness (QED) is 0.842. The molecule has 1 amide bonds. The summed E-state index contributed by atoms with van der Waals surface area (Å²) in [6.45, 7) is 5.54. The van der Waals surface area contributed by atoms with E-state index in [4.69, 9.17) is 9.84 Å². The minimum Gasteiger partial charge on any atom is -0.481 e. The molecule has 142 valence electrons. The monoisotopic (exact) mass is 369 g/mol. The first-order valence-corrected chi connectivity index (χ1v) is 8.90. The van der Waals surface area contributed by atoms with Crippen molar-refractivity contribution in [1.82, 2.24) is 4.98 Å². The highest BCUT2D eigenvalue weighted by Crippen LogP contribution is 2.22. The van der Waals surface area contributed by atoms with Gasteiger partial charge in [-0.25, -0.2) is 0 Å². The summed E-state index contributed by atoms with van der Waals surface area (Å²) >= 11 is 0. The van der Waals surface area contributed by atoms with Gasteiger partial charge in [-0.2, -0.15) is 0 Å². The summed E-state index contributed by atoms with van der Waals surface area (Å²) in [4.78, 5) is 30.0. The number of ether oxygens (including phenoxy) is 1. The number of benzene rings is 1. The van der Waals surface area contributed by atoms with Crippen LogP contribution in [0.15, 0.2) is 42.6 Å². The minimum atomic E-state index is -0.952. The fourth-order valence-electron chi connectivity index (χ4n) is 3.27. The number of aliphatic carboxylic acids is 1. The van der Waals surface area contributed by atoms with E-state index in [-0.39, 0.29) is 30.2 Å². The van der Waals surface area contributed by atoms with Crippen LogP contribution in [0, 0.1) is 0 Å². The number of morpholine rings is 1. The molecule has 1 fully saturated rings. The molecule has 0 spiro atoms. The predicted molar refractivity (Wildman–Crippen MR) is 102 cm³/mol. The van der Waals surface area contributed by atoms with Crippen molar-refractivity contribution < 1.29 is 19.4 Å². The van der Waals surface area contributed by atoms with Crippen LogP contribution in [0.1, 0.15) is 29.9 Å². The SMILES string of the molecule is CC1CN(c2ccnc(C(=O)Nc3ccccc3CC(=O)O)c2)CC(C)O1. The molecule has 2 atom stereocenters. The van der Waals surface area contributed by atoms with Gasteiger partial charge in [-0.15, -0.1) is 0 Å². The van der Waals surface area contributed by atoms with E-state index in [0.717, 1.165) is 18.8 Å². The number of hydrogen-bond donors (Lipinski definition) is 2. The van der Waals surface area contributed by atoms with E-state index < -0.39 is 5.97 Å². The Morgan fingerprint density at radius 2 is 1.93 bits per heavy atom. The highest BCUT2D eigenvalue weighted by Gasteiger charge is 2.23. The van der Waals surface area contributed by atoms with Gasteiger partial charge in [0.05, 0.1) is 18.6 Å². The topological polar surface area (TPSA) is 91.8 Å². The van der Waals surface area contributed by atoms with E-state index in [1.807, 2.05) is 19.9 Å². The molecule has 0 aliphatic carbocycles. The van der Waals surface area contributed by atoms with Crippen LogP contribution < -0.4 is 10.2 Å². The molecule has 0 saturated carbocycles. The zero-order chi connectivity index (χ0) is 19.4. The summed E-state index contributed by atoms with van der Waals surface area (Å²) in [6.07, 6.45) is 1.68. The van der Waals surface area contributed by atoms with Gasteiger partial charge >= 0.3 is 5.97 Å². The molecule has 7 nitrogen and oxygen atoms in total. The molecule has 2 N–H and O–H groups in total. The molecule has 1 saturated heterocycles. The van der Waals surface area contributed by atoms with Crippen molar-refractivity contribution in [1.29, 1.82) is 0 Å². The van der Waals surface area contributed by atoms with Gasteiger partial charge in [0.2, 0.25) is 0 Å². The number of rotatable bonds is 5. The van der Waals surface area contributed by atoms with Crippen molar-refractivity contribution in [3.63, 3.8) is 0 Å². The second-order valence-electron chi connectivity index (χ2n) is 6.74. The van der Waals surface area contributed by atoms with E-state index in [1.165, 1.54) is 0 Å². The molecule has 3 rings (SSSR count). The van der Waals surface area contributed by atoms with Gasteiger partial charge in [-0.1, -0.05) is 18.2 Å². The number of amides is 1. The van der Waals surface area contributed by atoms with Crippen LogP contribution >= 0.6 is 0 Å². The molecule has 7 heteroatoms. The van der Waals surface area contributed by atoms with Crippen LogP contribution in [0.2, 0.25) is 0 Å². The lowest BCUT2D eigenvalue weighted by Gasteiger charge is -2.36. The number of carbonyl (C=O) groups is 2. The highest BCUT2D eigenvalue weighted by atomic mass is 16.5. The van der Waals surface area contributed by atoms with Crippen molar-refractivity contribution in [3.05, 3.63) is 53.9 Å². The lowest BCUT2D eigenvalue weighted by Crippen LogP contribution is -2.45. The van der Waals surface area contributed by atoms with Gasteiger partial charge in [0, 0.05) is 30.7 Å². The zero-order valence-corrected chi connectivity index (χ0v) is 15.4. The first-order valence-electron chi connectivity index (χ1n) is 8.90. The number of pyridine rings is 1. The van der Waals surface area contributed by atoms with Crippen molar-refractivity contribution in [3.8, 4) is 0 Å². The van der Waals surface area contributed by atoms with Gasteiger partial charge in [-0.05, 0) is 37.6 Å². The molecule has 0 bridgehead atoms. The molecule has 0 radical (unpaired) electrons. The highest BCUT2D eigenvalue weighted by molar-refractivity contribution is 6.04. The average molecular weight is 369 g/mol. The number of hydrogen-bond acceptors (Lipinski definition) is 5. The Morgan fingerprint density at radius 1 is 1.22 bits per heavy atom. The summed E-state index contributed by atoms with van der Waals surface area (Å²) in [5, 5.41) is 11.8. The Bertz CT molecular complexity index is 829. The maximum Gasteiger partial charge on any atom is 0.307 e. The van der Waals surface area contributed by atoms with Crippen molar-refractivity contribution >= 4 is 23.3 Å². The molecule has 2 unspecified atom stereocenters. The second kappa shape index (κ2) is 8.18. The minimum absolute atomic E-state index is 0.113. The standard InChI is InChI=1S/C20H23N3O4/c1-13-11-23(12-14(2)27-13)16-7-8-21-18(10-16)20(26)22-17-6-4-3-5-15(17)9-19(24)25/h3-8,10,13-14H,9,11-12H2,1-2H3,(H,22,26)(H,24,25). The predicted octanol–water partition coefficient (Wildman–Crippen LogP) is 2.57. The molecular formula is C20H23N3O4. The maximum atomic E-state index is 12.7. The number of anilines is 2. The fourth-order valence-corrected chi connectivity index (χ4v) is 3.27. The van der Waals surface area contributed by atoms with Gasteiger partial charge in [0.15, 0.2) is 0 Å². The van der Waals surface area contributed by atoms with Crippen molar-refractivity contribution in [2.24, 2.45) is 0 Å². The Hall–Kier alpha value is -2.93. The second-order valence-corrected chi connectivity index (χ2v) is 6.74. The normalized spacial score (nSPS) is 19.6.